The summed E-state index contributed by atoms with van der Waals surface area (Å²) in [4.78, 5) is 12.2. The van der Waals surface area contributed by atoms with E-state index in [-0.39, 0.29) is 12.5 Å². The lowest BCUT2D eigenvalue weighted by Gasteiger charge is -2.10. The molecule has 0 unspecified atom stereocenters. The summed E-state index contributed by atoms with van der Waals surface area (Å²) in [6.07, 6.45) is 6.09. The van der Waals surface area contributed by atoms with Crippen molar-refractivity contribution < 1.29 is 14.3 Å². The van der Waals surface area contributed by atoms with E-state index in [4.69, 9.17) is 9.47 Å². The van der Waals surface area contributed by atoms with Crippen LogP contribution in [0.1, 0.15) is 46.0 Å². The third-order valence-corrected chi connectivity index (χ3v) is 4.45. The van der Waals surface area contributed by atoms with Crippen molar-refractivity contribution in [2.45, 2.75) is 46.0 Å². The van der Waals surface area contributed by atoms with Gasteiger partial charge in [0.2, 0.25) is 5.91 Å². The van der Waals surface area contributed by atoms with Crippen LogP contribution in [0.5, 0.6) is 11.5 Å². The number of carbonyl (C=O) groups is 1. The normalized spacial score (nSPS) is 10.3. The van der Waals surface area contributed by atoms with Gasteiger partial charge in [0.05, 0.1) is 13.2 Å². The summed E-state index contributed by atoms with van der Waals surface area (Å²) in [5, 5.41) is 5.99. The maximum absolute atomic E-state index is 12.2. The predicted octanol–water partition coefficient (Wildman–Crippen LogP) is 6.04. The van der Waals surface area contributed by atoms with Crippen molar-refractivity contribution >= 4 is 17.3 Å². The molecular formula is C25H34N2O3. The lowest BCUT2D eigenvalue weighted by Crippen LogP contribution is -2.21. The molecule has 1 amide bonds. The largest absolute Gasteiger partial charge is 0.494 e. The Morgan fingerprint density at radius 2 is 1.47 bits per heavy atom. The molecule has 0 saturated heterocycles. The molecule has 5 nitrogen and oxygen atoms in total. The maximum Gasteiger partial charge on any atom is 0.243 e. The van der Waals surface area contributed by atoms with Crippen LogP contribution in [0.15, 0.2) is 60.7 Å². The summed E-state index contributed by atoms with van der Waals surface area (Å²) < 4.78 is 11.3. The molecule has 0 heterocycles. The van der Waals surface area contributed by atoms with E-state index in [1.165, 1.54) is 25.7 Å². The van der Waals surface area contributed by atoms with Gasteiger partial charge < -0.3 is 20.1 Å². The Labute approximate surface area is 180 Å². The third-order valence-electron chi connectivity index (χ3n) is 4.45. The predicted molar refractivity (Wildman–Crippen MR) is 125 cm³/mol. The standard InChI is InChI=1S/C25H34N2O3/c1-4-5-6-7-8-17-29-23-15-11-22(12-16-23)27-25(28)18-26-21-9-13-24(14-10-21)30-19-20(2)3/h9-16,26H,2,4-8,17-19H2,1,3H3,(H,27,28). The van der Waals surface area contributed by atoms with Crippen molar-refractivity contribution in [1.82, 2.24) is 0 Å². The second-order valence-corrected chi connectivity index (χ2v) is 7.46. The van der Waals surface area contributed by atoms with Crippen molar-refractivity contribution in [2.75, 3.05) is 30.4 Å². The third kappa shape index (κ3) is 9.50. The zero-order chi connectivity index (χ0) is 21.6. The van der Waals surface area contributed by atoms with Gasteiger partial charge in [0.15, 0.2) is 0 Å². The highest BCUT2D eigenvalue weighted by Crippen LogP contribution is 2.18. The highest BCUT2D eigenvalue weighted by Gasteiger charge is 2.04. The van der Waals surface area contributed by atoms with Crippen LogP contribution >= 0.6 is 0 Å². The number of hydrogen-bond acceptors (Lipinski definition) is 4. The Bertz CT molecular complexity index is 770. The van der Waals surface area contributed by atoms with Gasteiger partial charge in [-0.1, -0.05) is 39.2 Å². The average Bonchev–Trinajstić information content (AvgIpc) is 2.75. The molecule has 0 aliphatic heterocycles. The van der Waals surface area contributed by atoms with Crippen molar-refractivity contribution in [2.24, 2.45) is 0 Å². The van der Waals surface area contributed by atoms with Gasteiger partial charge in [0, 0.05) is 11.4 Å². The lowest BCUT2D eigenvalue weighted by atomic mass is 10.2. The number of anilines is 2. The Balaban J connectivity index is 1.67. The van der Waals surface area contributed by atoms with Gasteiger partial charge in [-0.15, -0.1) is 0 Å². The smallest absolute Gasteiger partial charge is 0.243 e. The second kappa shape index (κ2) is 13.3. The van der Waals surface area contributed by atoms with E-state index < -0.39 is 0 Å². The maximum atomic E-state index is 12.2. The fourth-order valence-electron chi connectivity index (χ4n) is 2.79. The van der Waals surface area contributed by atoms with Gasteiger partial charge >= 0.3 is 0 Å². The number of ether oxygens (including phenoxy) is 2. The van der Waals surface area contributed by atoms with Crippen LogP contribution in [-0.2, 0) is 4.79 Å². The van der Waals surface area contributed by atoms with Gasteiger partial charge in [-0.25, -0.2) is 0 Å². The van der Waals surface area contributed by atoms with E-state index >= 15 is 0 Å². The Hall–Kier alpha value is -2.95. The van der Waals surface area contributed by atoms with Crippen molar-refractivity contribution in [3.8, 4) is 11.5 Å². The Kier molecular flexibility index (Phi) is 10.3. The zero-order valence-corrected chi connectivity index (χ0v) is 18.2. The molecule has 0 bridgehead atoms. The second-order valence-electron chi connectivity index (χ2n) is 7.46. The molecule has 2 aromatic rings. The monoisotopic (exact) mass is 410 g/mol. The minimum atomic E-state index is -0.109. The SMILES string of the molecule is C=C(C)COc1ccc(NCC(=O)Nc2ccc(OCCCCCCC)cc2)cc1. The van der Waals surface area contributed by atoms with E-state index in [0.29, 0.717) is 6.61 Å². The molecule has 2 N–H and O–H groups in total. The van der Waals surface area contributed by atoms with Crippen LogP contribution in [0, 0.1) is 0 Å². The van der Waals surface area contributed by atoms with E-state index in [2.05, 4.69) is 24.1 Å². The summed E-state index contributed by atoms with van der Waals surface area (Å²) in [7, 11) is 0. The molecule has 30 heavy (non-hydrogen) atoms. The molecule has 0 fully saturated rings. The summed E-state index contributed by atoms with van der Waals surface area (Å²) in [5.74, 6) is 1.49. The summed E-state index contributed by atoms with van der Waals surface area (Å²) >= 11 is 0. The summed E-state index contributed by atoms with van der Waals surface area (Å²) in [5.41, 5.74) is 2.58. The number of amides is 1. The molecule has 0 atom stereocenters. The topological polar surface area (TPSA) is 59.6 Å². The number of carbonyl (C=O) groups excluding carboxylic acids is 1. The van der Waals surface area contributed by atoms with Gasteiger partial charge in [-0.05, 0) is 67.4 Å². The first-order valence-corrected chi connectivity index (χ1v) is 10.7. The van der Waals surface area contributed by atoms with Crippen LogP contribution in [0.3, 0.4) is 0 Å². The van der Waals surface area contributed by atoms with E-state index in [1.54, 1.807) is 0 Å². The number of unbranched alkanes of at least 4 members (excludes halogenated alkanes) is 4. The first kappa shape index (κ1) is 23.3. The minimum Gasteiger partial charge on any atom is -0.494 e. The quantitative estimate of drug-likeness (QED) is 0.294. The van der Waals surface area contributed by atoms with E-state index in [9.17, 15) is 4.79 Å². The molecule has 0 radical (unpaired) electrons. The van der Waals surface area contributed by atoms with Crippen molar-refractivity contribution in [3.63, 3.8) is 0 Å². The first-order valence-electron chi connectivity index (χ1n) is 10.7. The molecule has 5 heteroatoms. The first-order chi connectivity index (χ1) is 14.6. The molecule has 0 aliphatic carbocycles. The molecule has 0 saturated carbocycles. The van der Waals surface area contributed by atoms with Gasteiger partial charge in [0.25, 0.3) is 0 Å². The van der Waals surface area contributed by atoms with Crippen LogP contribution in [-0.4, -0.2) is 25.7 Å². The molecule has 162 valence electrons. The average molecular weight is 411 g/mol. The lowest BCUT2D eigenvalue weighted by molar-refractivity contribution is -0.114. The van der Waals surface area contributed by atoms with Crippen LogP contribution in [0.25, 0.3) is 0 Å². The highest BCUT2D eigenvalue weighted by molar-refractivity contribution is 5.93. The molecule has 0 aromatic heterocycles. The number of rotatable bonds is 14. The highest BCUT2D eigenvalue weighted by atomic mass is 16.5. The van der Waals surface area contributed by atoms with E-state index in [0.717, 1.165) is 41.5 Å². The summed E-state index contributed by atoms with van der Waals surface area (Å²) in [6, 6.07) is 15.0. The zero-order valence-electron chi connectivity index (χ0n) is 18.2. The Morgan fingerprint density at radius 1 is 0.867 bits per heavy atom. The van der Waals surface area contributed by atoms with Gasteiger partial charge in [-0.2, -0.15) is 0 Å². The van der Waals surface area contributed by atoms with Crippen LogP contribution in [0.2, 0.25) is 0 Å². The van der Waals surface area contributed by atoms with Gasteiger partial charge in [-0.3, -0.25) is 4.79 Å². The summed E-state index contributed by atoms with van der Waals surface area (Å²) in [6.45, 7) is 9.36. The minimum absolute atomic E-state index is 0.109. The number of benzene rings is 2. The Morgan fingerprint density at radius 3 is 2.10 bits per heavy atom. The molecule has 0 aliphatic rings. The van der Waals surface area contributed by atoms with Crippen molar-refractivity contribution in [1.29, 1.82) is 0 Å². The van der Waals surface area contributed by atoms with Gasteiger partial charge in [0.1, 0.15) is 18.1 Å². The molecule has 2 rings (SSSR count). The van der Waals surface area contributed by atoms with Crippen LogP contribution < -0.4 is 20.1 Å². The molecule has 2 aromatic carbocycles. The van der Waals surface area contributed by atoms with Crippen LogP contribution in [0.4, 0.5) is 11.4 Å². The number of hydrogen-bond donors (Lipinski definition) is 2. The number of nitrogens with one attached hydrogen (secondary N) is 2. The van der Waals surface area contributed by atoms with E-state index in [1.807, 2.05) is 55.5 Å². The fraction of sp³-hybridized carbons (Fsp3) is 0.400. The molecule has 0 spiro atoms. The molecular weight excluding hydrogens is 376 g/mol. The fourth-order valence-corrected chi connectivity index (χ4v) is 2.79. The van der Waals surface area contributed by atoms with Crippen molar-refractivity contribution in [3.05, 3.63) is 60.7 Å².